The summed E-state index contributed by atoms with van der Waals surface area (Å²) >= 11 is 1.51. The van der Waals surface area contributed by atoms with Crippen LogP contribution in [-0.2, 0) is 19.2 Å². The number of rotatable bonds is 11. The molecule has 0 aliphatic carbocycles. The van der Waals surface area contributed by atoms with Crippen LogP contribution >= 0.6 is 11.8 Å². The summed E-state index contributed by atoms with van der Waals surface area (Å²) in [6, 6.07) is -1.82. The van der Waals surface area contributed by atoms with Gasteiger partial charge in [0.25, 0.3) is 0 Å². The van der Waals surface area contributed by atoms with Crippen molar-refractivity contribution in [3.8, 4) is 0 Å². The number of carbonyl (C=O) groups is 4. The third-order valence-electron chi connectivity index (χ3n) is 3.12. The summed E-state index contributed by atoms with van der Waals surface area (Å²) in [6.07, 6.45) is 2.26. The first kappa shape index (κ1) is 22.2. The van der Waals surface area contributed by atoms with Crippen LogP contribution in [0.4, 0.5) is 0 Å². The van der Waals surface area contributed by atoms with Gasteiger partial charge in [0.2, 0.25) is 17.7 Å². The lowest BCUT2D eigenvalue weighted by atomic mass is 10.1. The average molecular weight is 362 g/mol. The zero-order valence-corrected chi connectivity index (χ0v) is 14.9. The fourth-order valence-electron chi connectivity index (χ4n) is 1.79. The first-order valence-electron chi connectivity index (χ1n) is 7.51. The van der Waals surface area contributed by atoms with E-state index in [1.165, 1.54) is 11.8 Å². The molecule has 0 aromatic heterocycles. The summed E-state index contributed by atoms with van der Waals surface area (Å²) in [5.41, 5.74) is 5.21. The summed E-state index contributed by atoms with van der Waals surface area (Å²) in [7, 11) is 0. The number of carboxylic acids is 1. The Morgan fingerprint density at radius 2 is 1.75 bits per heavy atom. The number of nitrogens with two attached hydrogens (primary N) is 1. The Morgan fingerprint density at radius 1 is 1.12 bits per heavy atom. The molecule has 2 unspecified atom stereocenters. The van der Waals surface area contributed by atoms with Crippen molar-refractivity contribution in [3.05, 3.63) is 0 Å². The van der Waals surface area contributed by atoms with Crippen molar-refractivity contribution in [2.75, 3.05) is 25.1 Å². The molecule has 0 aromatic rings. The van der Waals surface area contributed by atoms with Crippen LogP contribution in [0, 0.1) is 5.92 Å². The molecule has 0 aliphatic heterocycles. The van der Waals surface area contributed by atoms with Gasteiger partial charge in [-0.2, -0.15) is 11.8 Å². The minimum absolute atomic E-state index is 0.238. The quantitative estimate of drug-likeness (QED) is 0.301. The number of hydrogen-bond donors (Lipinski definition) is 5. The van der Waals surface area contributed by atoms with E-state index >= 15 is 0 Å². The molecule has 0 rings (SSSR count). The van der Waals surface area contributed by atoms with Gasteiger partial charge in [0, 0.05) is 0 Å². The van der Waals surface area contributed by atoms with Gasteiger partial charge in [0.1, 0.15) is 12.1 Å². The standard InChI is InChI=1S/C14H26N4O5S/c1-8(2)12(14(22)23)18-11(20)7-16-13(21)9(4-5-24-3)17-10(19)6-15/h8-9,12H,4-7,15H2,1-3H3,(H,16,21)(H,17,19)(H,18,20)(H,22,23). The van der Waals surface area contributed by atoms with Crippen LogP contribution in [0.1, 0.15) is 20.3 Å². The number of aliphatic carboxylic acids is 1. The molecule has 0 radical (unpaired) electrons. The highest BCUT2D eigenvalue weighted by Gasteiger charge is 2.24. The highest BCUT2D eigenvalue weighted by Crippen LogP contribution is 2.02. The third kappa shape index (κ3) is 8.73. The van der Waals surface area contributed by atoms with Gasteiger partial charge in [-0.15, -0.1) is 0 Å². The van der Waals surface area contributed by atoms with Gasteiger partial charge in [-0.05, 0) is 24.3 Å². The second kappa shape index (κ2) is 11.7. The minimum Gasteiger partial charge on any atom is -0.480 e. The maximum Gasteiger partial charge on any atom is 0.326 e. The second-order valence-electron chi connectivity index (χ2n) is 5.45. The smallest absolute Gasteiger partial charge is 0.326 e. The van der Waals surface area contributed by atoms with Gasteiger partial charge in [0.05, 0.1) is 13.1 Å². The number of carbonyl (C=O) groups excluding carboxylic acids is 3. The molecule has 0 heterocycles. The first-order valence-corrected chi connectivity index (χ1v) is 8.90. The highest BCUT2D eigenvalue weighted by molar-refractivity contribution is 7.98. The molecular weight excluding hydrogens is 336 g/mol. The van der Waals surface area contributed by atoms with E-state index in [0.717, 1.165) is 0 Å². The molecule has 0 bridgehead atoms. The zero-order valence-electron chi connectivity index (χ0n) is 14.1. The molecule has 0 fully saturated rings. The molecule has 0 saturated heterocycles. The van der Waals surface area contributed by atoms with Crippen LogP contribution in [0.2, 0.25) is 0 Å². The van der Waals surface area contributed by atoms with Crippen molar-refractivity contribution in [2.24, 2.45) is 11.7 Å². The van der Waals surface area contributed by atoms with Crippen LogP contribution in [-0.4, -0.2) is 66.0 Å². The van der Waals surface area contributed by atoms with Crippen LogP contribution in [0.5, 0.6) is 0 Å². The Balaban J connectivity index is 4.56. The third-order valence-corrected chi connectivity index (χ3v) is 3.76. The highest BCUT2D eigenvalue weighted by atomic mass is 32.2. The van der Waals surface area contributed by atoms with E-state index < -0.39 is 35.8 Å². The number of nitrogens with one attached hydrogen (secondary N) is 3. The molecule has 0 aliphatic rings. The second-order valence-corrected chi connectivity index (χ2v) is 6.44. The Labute approximate surface area is 145 Å². The number of carboxylic acid groups (broad SMARTS) is 1. The lowest BCUT2D eigenvalue weighted by Crippen LogP contribution is -2.52. The van der Waals surface area contributed by atoms with E-state index in [2.05, 4.69) is 16.0 Å². The summed E-state index contributed by atoms with van der Waals surface area (Å²) in [6.45, 7) is 2.72. The molecule has 138 valence electrons. The van der Waals surface area contributed by atoms with E-state index in [4.69, 9.17) is 10.8 Å². The van der Waals surface area contributed by atoms with Gasteiger partial charge in [-0.1, -0.05) is 13.8 Å². The molecule has 6 N–H and O–H groups in total. The largest absolute Gasteiger partial charge is 0.480 e. The summed E-state index contributed by atoms with van der Waals surface area (Å²) in [5.74, 6) is -2.39. The molecule has 9 nitrogen and oxygen atoms in total. The van der Waals surface area contributed by atoms with Crippen molar-refractivity contribution >= 4 is 35.5 Å². The van der Waals surface area contributed by atoms with Crippen molar-refractivity contribution in [1.82, 2.24) is 16.0 Å². The maximum absolute atomic E-state index is 12.1. The maximum atomic E-state index is 12.1. The molecule has 24 heavy (non-hydrogen) atoms. The van der Waals surface area contributed by atoms with Crippen molar-refractivity contribution in [3.63, 3.8) is 0 Å². The Bertz CT molecular complexity index is 458. The molecule has 0 aromatic carbocycles. The van der Waals surface area contributed by atoms with Crippen LogP contribution in [0.25, 0.3) is 0 Å². The minimum atomic E-state index is -1.14. The van der Waals surface area contributed by atoms with E-state index in [-0.39, 0.29) is 19.0 Å². The van der Waals surface area contributed by atoms with E-state index in [9.17, 15) is 19.2 Å². The van der Waals surface area contributed by atoms with Gasteiger partial charge < -0.3 is 26.8 Å². The van der Waals surface area contributed by atoms with Crippen molar-refractivity contribution < 1.29 is 24.3 Å². The number of amides is 3. The first-order chi connectivity index (χ1) is 11.2. The van der Waals surface area contributed by atoms with Gasteiger partial charge >= 0.3 is 5.97 Å². The van der Waals surface area contributed by atoms with Gasteiger partial charge in [0.15, 0.2) is 0 Å². The van der Waals surface area contributed by atoms with E-state index in [1.807, 2.05) is 6.26 Å². The van der Waals surface area contributed by atoms with Crippen LogP contribution < -0.4 is 21.7 Å². The SMILES string of the molecule is CSCCC(NC(=O)CN)C(=O)NCC(=O)NC(C(=O)O)C(C)C. The molecular formula is C14H26N4O5S. The lowest BCUT2D eigenvalue weighted by molar-refractivity contribution is -0.143. The van der Waals surface area contributed by atoms with Crippen LogP contribution in [0.15, 0.2) is 0 Å². The molecule has 0 spiro atoms. The lowest BCUT2D eigenvalue weighted by Gasteiger charge is -2.20. The van der Waals surface area contributed by atoms with Gasteiger partial charge in [-0.25, -0.2) is 4.79 Å². The van der Waals surface area contributed by atoms with Crippen LogP contribution in [0.3, 0.4) is 0 Å². The van der Waals surface area contributed by atoms with Crippen molar-refractivity contribution in [2.45, 2.75) is 32.4 Å². The molecule has 0 saturated carbocycles. The van der Waals surface area contributed by atoms with E-state index in [0.29, 0.717) is 12.2 Å². The summed E-state index contributed by atoms with van der Waals surface area (Å²) in [5, 5.41) is 16.2. The Kier molecular flexibility index (Phi) is 10.8. The fourth-order valence-corrected chi connectivity index (χ4v) is 2.26. The monoisotopic (exact) mass is 362 g/mol. The molecule has 2 atom stereocenters. The zero-order chi connectivity index (χ0) is 18.7. The molecule has 10 heteroatoms. The normalized spacial score (nSPS) is 13.0. The predicted octanol–water partition coefficient (Wildman–Crippen LogP) is -1.48. The topological polar surface area (TPSA) is 151 Å². The number of hydrogen-bond acceptors (Lipinski definition) is 6. The average Bonchev–Trinajstić information content (AvgIpc) is 2.53. The predicted molar refractivity (Wildman–Crippen MR) is 91.4 cm³/mol. The number of thioether (sulfide) groups is 1. The molecule has 3 amide bonds. The van der Waals surface area contributed by atoms with Crippen molar-refractivity contribution in [1.29, 1.82) is 0 Å². The Morgan fingerprint density at radius 3 is 2.21 bits per heavy atom. The van der Waals surface area contributed by atoms with E-state index in [1.54, 1.807) is 13.8 Å². The summed E-state index contributed by atoms with van der Waals surface area (Å²) in [4.78, 5) is 46.3. The van der Waals surface area contributed by atoms with Gasteiger partial charge in [-0.3, -0.25) is 14.4 Å². The fraction of sp³-hybridized carbons (Fsp3) is 0.714. The Hall–Kier alpha value is -1.81. The summed E-state index contributed by atoms with van der Waals surface area (Å²) < 4.78 is 0.